The molecule has 2 N–H and O–H groups in total. The van der Waals surface area contributed by atoms with Gasteiger partial charge in [0.1, 0.15) is 9.84 Å². The number of likely N-dealkylation sites (tertiary alicyclic amines) is 1. The molecule has 0 amide bonds. The summed E-state index contributed by atoms with van der Waals surface area (Å²) in [5, 5.41) is 0. The van der Waals surface area contributed by atoms with E-state index in [4.69, 9.17) is 5.73 Å². The van der Waals surface area contributed by atoms with Crippen molar-refractivity contribution in [3.8, 4) is 0 Å². The van der Waals surface area contributed by atoms with Crippen LogP contribution in [0.5, 0.6) is 0 Å². The van der Waals surface area contributed by atoms with E-state index in [0.29, 0.717) is 36.1 Å². The van der Waals surface area contributed by atoms with Crippen LogP contribution in [-0.4, -0.2) is 50.0 Å². The maximum Gasteiger partial charge on any atom is 0.150 e. The lowest BCUT2D eigenvalue weighted by atomic mass is 9.88. The number of piperidine rings is 1. The Balaban J connectivity index is 2.01. The molecule has 100 valence electrons. The van der Waals surface area contributed by atoms with Gasteiger partial charge >= 0.3 is 0 Å². The third-order valence-corrected chi connectivity index (χ3v) is 6.11. The van der Waals surface area contributed by atoms with E-state index in [9.17, 15) is 8.42 Å². The van der Waals surface area contributed by atoms with Crippen LogP contribution in [0.2, 0.25) is 0 Å². The van der Waals surface area contributed by atoms with Gasteiger partial charge in [0, 0.05) is 18.6 Å². The molecule has 0 spiro atoms. The summed E-state index contributed by atoms with van der Waals surface area (Å²) in [5.41, 5.74) is 5.88. The Kier molecular flexibility index (Phi) is 4.10. The Hall–Kier alpha value is -0.130. The predicted molar refractivity (Wildman–Crippen MR) is 69.6 cm³/mol. The van der Waals surface area contributed by atoms with Crippen molar-refractivity contribution in [1.82, 2.24) is 4.90 Å². The molecule has 0 saturated carbocycles. The van der Waals surface area contributed by atoms with E-state index >= 15 is 0 Å². The molecule has 0 aromatic heterocycles. The minimum absolute atomic E-state index is 0.361. The molecule has 2 heterocycles. The highest BCUT2D eigenvalue weighted by molar-refractivity contribution is 7.91. The van der Waals surface area contributed by atoms with Crippen LogP contribution in [0.15, 0.2) is 0 Å². The molecule has 0 radical (unpaired) electrons. The molecule has 0 bridgehead atoms. The molecule has 2 aliphatic rings. The Morgan fingerprint density at radius 1 is 1.24 bits per heavy atom. The zero-order chi connectivity index (χ0) is 12.5. The number of hydrogen-bond donors (Lipinski definition) is 1. The first-order valence-corrected chi connectivity index (χ1v) is 8.52. The summed E-state index contributed by atoms with van der Waals surface area (Å²) < 4.78 is 22.9. The number of sulfone groups is 1. The molecule has 2 unspecified atom stereocenters. The van der Waals surface area contributed by atoms with Crippen LogP contribution in [0.3, 0.4) is 0 Å². The molecular formula is C12H24N2O2S. The van der Waals surface area contributed by atoms with Crippen LogP contribution in [-0.2, 0) is 9.84 Å². The Morgan fingerprint density at radius 3 is 2.47 bits per heavy atom. The second-order valence-electron chi connectivity index (χ2n) is 5.54. The monoisotopic (exact) mass is 260 g/mol. The molecule has 2 rings (SSSR count). The molecule has 2 aliphatic heterocycles. The van der Waals surface area contributed by atoms with Crippen molar-refractivity contribution in [1.29, 1.82) is 0 Å². The van der Waals surface area contributed by atoms with Gasteiger partial charge in [-0.3, -0.25) is 4.90 Å². The first-order chi connectivity index (χ1) is 8.03. The lowest BCUT2D eigenvalue weighted by Gasteiger charge is -2.45. The number of rotatable bonds is 2. The lowest BCUT2D eigenvalue weighted by molar-refractivity contribution is 0.0574. The molecule has 0 aliphatic carbocycles. The number of nitrogens with two attached hydrogens (primary N) is 1. The molecule has 0 aromatic rings. The molecule has 0 aromatic carbocycles. The fourth-order valence-electron chi connectivity index (χ4n) is 3.31. The molecule has 2 saturated heterocycles. The van der Waals surface area contributed by atoms with Gasteiger partial charge in [-0.1, -0.05) is 6.92 Å². The topological polar surface area (TPSA) is 63.4 Å². The van der Waals surface area contributed by atoms with Gasteiger partial charge in [-0.2, -0.15) is 0 Å². The van der Waals surface area contributed by atoms with Gasteiger partial charge in [0.05, 0.1) is 11.5 Å². The maximum absolute atomic E-state index is 11.5. The largest absolute Gasteiger partial charge is 0.329 e. The van der Waals surface area contributed by atoms with Gasteiger partial charge in [0.15, 0.2) is 0 Å². The van der Waals surface area contributed by atoms with Gasteiger partial charge in [0.2, 0.25) is 0 Å². The van der Waals surface area contributed by atoms with Crippen molar-refractivity contribution in [3.63, 3.8) is 0 Å². The van der Waals surface area contributed by atoms with Crippen LogP contribution >= 0.6 is 0 Å². The van der Waals surface area contributed by atoms with E-state index in [1.807, 2.05) is 0 Å². The summed E-state index contributed by atoms with van der Waals surface area (Å²) in [4.78, 5) is 2.49. The average Bonchev–Trinajstić information content (AvgIpc) is 2.29. The molecule has 2 atom stereocenters. The first-order valence-electron chi connectivity index (χ1n) is 6.70. The van der Waals surface area contributed by atoms with Crippen molar-refractivity contribution >= 4 is 9.84 Å². The number of nitrogens with zero attached hydrogens (tertiary/aromatic N) is 1. The number of hydrogen-bond acceptors (Lipinski definition) is 4. The maximum atomic E-state index is 11.5. The molecule has 4 nitrogen and oxygen atoms in total. The van der Waals surface area contributed by atoms with Crippen LogP contribution in [0, 0.1) is 5.92 Å². The van der Waals surface area contributed by atoms with Crippen LogP contribution in [0.25, 0.3) is 0 Å². The van der Waals surface area contributed by atoms with E-state index < -0.39 is 9.84 Å². The minimum atomic E-state index is -2.75. The third kappa shape index (κ3) is 3.01. The summed E-state index contributed by atoms with van der Waals surface area (Å²) in [7, 11) is -2.75. The van der Waals surface area contributed by atoms with Gasteiger partial charge in [0.25, 0.3) is 0 Å². The van der Waals surface area contributed by atoms with Crippen molar-refractivity contribution in [2.75, 3.05) is 24.6 Å². The van der Waals surface area contributed by atoms with Crippen molar-refractivity contribution in [3.05, 3.63) is 0 Å². The van der Waals surface area contributed by atoms with E-state index in [2.05, 4.69) is 11.8 Å². The van der Waals surface area contributed by atoms with Crippen molar-refractivity contribution in [2.24, 2.45) is 11.7 Å². The molecule has 17 heavy (non-hydrogen) atoms. The molecule has 2 fully saturated rings. The van der Waals surface area contributed by atoms with Gasteiger partial charge < -0.3 is 5.73 Å². The van der Waals surface area contributed by atoms with Crippen LogP contribution in [0.1, 0.15) is 32.6 Å². The highest BCUT2D eigenvalue weighted by atomic mass is 32.2. The normalized spacial score (nSPS) is 35.9. The summed E-state index contributed by atoms with van der Waals surface area (Å²) in [6, 6.07) is 0.893. The summed E-state index contributed by atoms with van der Waals surface area (Å²) >= 11 is 0. The Bertz CT molecular complexity index is 342. The first kappa shape index (κ1) is 13.3. The lowest BCUT2D eigenvalue weighted by Crippen LogP contribution is -2.54. The smallest absolute Gasteiger partial charge is 0.150 e. The van der Waals surface area contributed by atoms with Crippen LogP contribution in [0.4, 0.5) is 0 Å². The predicted octanol–water partition coefficient (Wildman–Crippen LogP) is 0.623. The SMILES string of the molecule is CC1CCCN(C2CCS(=O)(=O)CC2)C1CN. The Labute approximate surface area is 104 Å². The van der Waals surface area contributed by atoms with E-state index in [0.717, 1.165) is 19.4 Å². The summed E-state index contributed by atoms with van der Waals surface area (Å²) in [6.07, 6.45) is 4.07. The van der Waals surface area contributed by atoms with Gasteiger partial charge in [-0.25, -0.2) is 8.42 Å². The van der Waals surface area contributed by atoms with E-state index in [1.165, 1.54) is 12.8 Å². The summed E-state index contributed by atoms with van der Waals surface area (Å²) in [6.45, 7) is 4.06. The quantitative estimate of drug-likeness (QED) is 0.791. The second-order valence-corrected chi connectivity index (χ2v) is 7.85. The fraction of sp³-hybridized carbons (Fsp3) is 1.00. The second kappa shape index (κ2) is 5.24. The molecule has 5 heteroatoms. The van der Waals surface area contributed by atoms with Crippen LogP contribution < -0.4 is 5.73 Å². The zero-order valence-electron chi connectivity index (χ0n) is 10.6. The summed E-state index contributed by atoms with van der Waals surface area (Å²) in [5.74, 6) is 1.37. The van der Waals surface area contributed by atoms with Gasteiger partial charge in [-0.15, -0.1) is 0 Å². The molecular weight excluding hydrogens is 236 g/mol. The highest BCUT2D eigenvalue weighted by Crippen LogP contribution is 2.28. The minimum Gasteiger partial charge on any atom is -0.329 e. The fourth-order valence-corrected chi connectivity index (χ4v) is 4.78. The van der Waals surface area contributed by atoms with E-state index in [-0.39, 0.29) is 0 Å². The zero-order valence-corrected chi connectivity index (χ0v) is 11.5. The van der Waals surface area contributed by atoms with Crippen molar-refractivity contribution < 1.29 is 8.42 Å². The highest BCUT2D eigenvalue weighted by Gasteiger charge is 2.35. The Morgan fingerprint density at radius 2 is 1.88 bits per heavy atom. The standard InChI is InChI=1S/C12H24N2O2S/c1-10-3-2-6-14(12(10)9-13)11-4-7-17(15,16)8-5-11/h10-12H,2-9,13H2,1H3. The van der Waals surface area contributed by atoms with Crippen molar-refractivity contribution in [2.45, 2.75) is 44.7 Å². The van der Waals surface area contributed by atoms with E-state index in [1.54, 1.807) is 0 Å². The average molecular weight is 260 g/mol. The van der Waals surface area contributed by atoms with Gasteiger partial charge in [-0.05, 0) is 38.1 Å². The third-order valence-electron chi connectivity index (χ3n) is 4.39.